The zero-order valence-electron chi connectivity index (χ0n) is 17.7. The van der Waals surface area contributed by atoms with Crippen LogP contribution >= 0.6 is 0 Å². The van der Waals surface area contributed by atoms with E-state index in [2.05, 4.69) is 10.6 Å². The second-order valence-corrected chi connectivity index (χ2v) is 8.77. The summed E-state index contributed by atoms with van der Waals surface area (Å²) >= 11 is 0. The molecule has 1 saturated heterocycles. The number of aromatic nitrogens is 1. The molecule has 4 rings (SSSR count). The summed E-state index contributed by atoms with van der Waals surface area (Å²) in [5.41, 5.74) is 1.44. The SMILES string of the molecule is CC(C)[C@H](NC(=O)N1C[C@@H]2C[C@H](C1)c1cccc(=O)n1C2)C(=O)Nc1ccc(F)cc1. The Hall–Kier alpha value is -3.16. The molecule has 0 radical (unpaired) electrons. The molecule has 2 bridgehead atoms. The molecule has 164 valence electrons. The van der Waals surface area contributed by atoms with E-state index in [-0.39, 0.29) is 41.1 Å². The molecule has 2 aliphatic rings. The van der Waals surface area contributed by atoms with Gasteiger partial charge in [-0.15, -0.1) is 0 Å². The molecule has 2 aromatic rings. The minimum absolute atomic E-state index is 0.00226. The largest absolute Gasteiger partial charge is 0.326 e. The first kappa shape index (κ1) is 21.1. The third-order valence-electron chi connectivity index (χ3n) is 6.11. The lowest BCUT2D eigenvalue weighted by atomic mass is 9.83. The molecular formula is C23H27FN4O3. The molecule has 0 aliphatic carbocycles. The van der Waals surface area contributed by atoms with E-state index in [4.69, 9.17) is 0 Å². The van der Waals surface area contributed by atoms with Crippen molar-refractivity contribution in [3.63, 3.8) is 0 Å². The average molecular weight is 426 g/mol. The van der Waals surface area contributed by atoms with E-state index in [0.717, 1.165) is 12.1 Å². The number of carbonyl (C=O) groups excluding carboxylic acids is 2. The van der Waals surface area contributed by atoms with Gasteiger partial charge in [-0.25, -0.2) is 9.18 Å². The van der Waals surface area contributed by atoms with Crippen LogP contribution in [0, 0.1) is 17.7 Å². The monoisotopic (exact) mass is 426 g/mol. The Bertz CT molecular complexity index is 1030. The number of urea groups is 1. The van der Waals surface area contributed by atoms with Gasteiger partial charge in [0, 0.05) is 43.0 Å². The number of fused-ring (bicyclic) bond motifs is 4. The minimum Gasteiger partial charge on any atom is -0.326 e. The second kappa shape index (κ2) is 8.53. The van der Waals surface area contributed by atoms with Crippen LogP contribution in [0.15, 0.2) is 47.3 Å². The summed E-state index contributed by atoms with van der Waals surface area (Å²) < 4.78 is 14.9. The fraction of sp³-hybridized carbons (Fsp3) is 0.435. The van der Waals surface area contributed by atoms with Gasteiger partial charge in [0.15, 0.2) is 0 Å². The van der Waals surface area contributed by atoms with Crippen molar-refractivity contribution in [1.82, 2.24) is 14.8 Å². The molecule has 2 aliphatic heterocycles. The van der Waals surface area contributed by atoms with Crippen molar-refractivity contribution in [1.29, 1.82) is 0 Å². The van der Waals surface area contributed by atoms with E-state index in [1.807, 2.05) is 24.5 Å². The van der Waals surface area contributed by atoms with Crippen LogP contribution in [0.3, 0.4) is 0 Å². The van der Waals surface area contributed by atoms with E-state index < -0.39 is 6.04 Å². The number of benzene rings is 1. The van der Waals surface area contributed by atoms with Crippen LogP contribution in [0.5, 0.6) is 0 Å². The number of amides is 3. The van der Waals surface area contributed by atoms with Gasteiger partial charge in [-0.2, -0.15) is 0 Å². The number of pyridine rings is 1. The second-order valence-electron chi connectivity index (χ2n) is 8.77. The highest BCUT2D eigenvalue weighted by atomic mass is 19.1. The lowest BCUT2D eigenvalue weighted by molar-refractivity contribution is -0.118. The number of piperidine rings is 1. The molecule has 31 heavy (non-hydrogen) atoms. The van der Waals surface area contributed by atoms with Crippen molar-refractivity contribution < 1.29 is 14.0 Å². The number of rotatable bonds is 4. The summed E-state index contributed by atoms with van der Waals surface area (Å²) in [6.45, 7) is 5.39. The van der Waals surface area contributed by atoms with Crippen molar-refractivity contribution in [3.8, 4) is 0 Å². The Balaban J connectivity index is 1.44. The zero-order chi connectivity index (χ0) is 22.1. The maximum atomic E-state index is 13.1. The van der Waals surface area contributed by atoms with Crippen LogP contribution in [0.25, 0.3) is 0 Å². The molecule has 3 amide bonds. The van der Waals surface area contributed by atoms with E-state index in [9.17, 15) is 18.8 Å². The number of likely N-dealkylation sites (tertiary alicyclic amines) is 1. The molecule has 1 fully saturated rings. The van der Waals surface area contributed by atoms with Gasteiger partial charge >= 0.3 is 6.03 Å². The van der Waals surface area contributed by atoms with Crippen LogP contribution < -0.4 is 16.2 Å². The first-order chi connectivity index (χ1) is 14.8. The number of nitrogens with one attached hydrogen (secondary N) is 2. The lowest BCUT2D eigenvalue weighted by Gasteiger charge is -2.43. The van der Waals surface area contributed by atoms with E-state index in [1.165, 1.54) is 24.3 Å². The molecule has 3 heterocycles. The number of halogens is 1. The van der Waals surface area contributed by atoms with Gasteiger partial charge in [-0.05, 0) is 48.6 Å². The predicted octanol–water partition coefficient (Wildman–Crippen LogP) is 2.78. The van der Waals surface area contributed by atoms with Crippen LogP contribution in [-0.2, 0) is 11.3 Å². The summed E-state index contributed by atoms with van der Waals surface area (Å²) in [6, 6.07) is 9.79. The average Bonchev–Trinajstić information content (AvgIpc) is 2.74. The molecular weight excluding hydrogens is 399 g/mol. The standard InChI is InChI=1S/C23H27FN4O3/c1-14(2)21(22(30)25-18-8-6-17(24)7-9-18)26-23(31)27-11-15-10-16(13-27)19-4-3-5-20(29)28(19)12-15/h3-9,14-16,21H,10-13H2,1-2H3,(H,25,30)(H,26,31)/t15-,16+,21-/m0/s1. The lowest BCUT2D eigenvalue weighted by Crippen LogP contribution is -2.56. The molecule has 0 unspecified atom stereocenters. The first-order valence-electron chi connectivity index (χ1n) is 10.6. The Labute approximate surface area is 180 Å². The van der Waals surface area contributed by atoms with Crippen molar-refractivity contribution in [2.45, 2.75) is 38.8 Å². The fourth-order valence-electron chi connectivity index (χ4n) is 4.57. The van der Waals surface area contributed by atoms with Gasteiger partial charge in [0.05, 0.1) is 0 Å². The Morgan fingerprint density at radius 1 is 1.06 bits per heavy atom. The van der Waals surface area contributed by atoms with Gasteiger partial charge in [-0.1, -0.05) is 19.9 Å². The van der Waals surface area contributed by atoms with E-state index >= 15 is 0 Å². The highest BCUT2D eigenvalue weighted by molar-refractivity contribution is 5.97. The number of hydrogen-bond donors (Lipinski definition) is 2. The topological polar surface area (TPSA) is 83.4 Å². The van der Waals surface area contributed by atoms with Crippen LogP contribution in [0.1, 0.15) is 31.9 Å². The third kappa shape index (κ3) is 4.47. The van der Waals surface area contributed by atoms with Gasteiger partial charge in [-0.3, -0.25) is 9.59 Å². The Kier molecular flexibility index (Phi) is 5.80. The highest BCUT2D eigenvalue weighted by Crippen LogP contribution is 2.34. The molecule has 1 aromatic carbocycles. The number of hydrogen-bond acceptors (Lipinski definition) is 3. The summed E-state index contributed by atoms with van der Waals surface area (Å²) in [5.74, 6) is -0.538. The van der Waals surface area contributed by atoms with Crippen molar-refractivity contribution in [3.05, 3.63) is 64.3 Å². The van der Waals surface area contributed by atoms with Crippen molar-refractivity contribution in [2.75, 3.05) is 18.4 Å². The highest BCUT2D eigenvalue weighted by Gasteiger charge is 2.37. The molecule has 3 atom stereocenters. The van der Waals surface area contributed by atoms with Gasteiger partial charge in [0.25, 0.3) is 5.56 Å². The van der Waals surface area contributed by atoms with Crippen LogP contribution in [-0.4, -0.2) is 40.5 Å². The number of carbonyl (C=O) groups is 2. The molecule has 2 N–H and O–H groups in total. The van der Waals surface area contributed by atoms with Gasteiger partial charge < -0.3 is 20.1 Å². The van der Waals surface area contributed by atoms with E-state index in [0.29, 0.717) is 25.3 Å². The van der Waals surface area contributed by atoms with Gasteiger partial charge in [0.1, 0.15) is 11.9 Å². The van der Waals surface area contributed by atoms with Crippen molar-refractivity contribution >= 4 is 17.6 Å². The van der Waals surface area contributed by atoms with Crippen molar-refractivity contribution in [2.24, 2.45) is 11.8 Å². The third-order valence-corrected chi connectivity index (χ3v) is 6.11. The van der Waals surface area contributed by atoms with E-state index in [1.54, 1.807) is 17.0 Å². The molecule has 0 spiro atoms. The summed E-state index contributed by atoms with van der Waals surface area (Å²) in [7, 11) is 0. The first-order valence-corrected chi connectivity index (χ1v) is 10.6. The maximum absolute atomic E-state index is 13.1. The maximum Gasteiger partial charge on any atom is 0.318 e. The fourth-order valence-corrected chi connectivity index (χ4v) is 4.57. The summed E-state index contributed by atoms with van der Waals surface area (Å²) in [5, 5.41) is 5.62. The summed E-state index contributed by atoms with van der Waals surface area (Å²) in [4.78, 5) is 39.7. The van der Waals surface area contributed by atoms with Crippen LogP contribution in [0.2, 0.25) is 0 Å². The molecule has 8 heteroatoms. The minimum atomic E-state index is -0.728. The zero-order valence-corrected chi connectivity index (χ0v) is 17.7. The number of nitrogens with zero attached hydrogens (tertiary/aromatic N) is 2. The summed E-state index contributed by atoms with van der Waals surface area (Å²) in [6.07, 6.45) is 0.950. The smallest absolute Gasteiger partial charge is 0.318 e. The molecule has 7 nitrogen and oxygen atoms in total. The molecule has 1 aromatic heterocycles. The van der Waals surface area contributed by atoms with Gasteiger partial charge in [0.2, 0.25) is 5.91 Å². The molecule has 0 saturated carbocycles. The Morgan fingerprint density at radius 3 is 2.52 bits per heavy atom. The predicted molar refractivity (Wildman–Crippen MR) is 115 cm³/mol. The Morgan fingerprint density at radius 2 is 1.81 bits per heavy atom. The van der Waals surface area contributed by atoms with Crippen LogP contribution in [0.4, 0.5) is 14.9 Å². The normalized spacial score (nSPS) is 20.7. The quantitative estimate of drug-likeness (QED) is 0.789. The number of anilines is 1.